The van der Waals surface area contributed by atoms with Crippen LogP contribution in [0.1, 0.15) is 52.7 Å². The summed E-state index contributed by atoms with van der Waals surface area (Å²) in [4.78, 5) is 13.2. The van der Waals surface area contributed by atoms with Gasteiger partial charge in [-0.25, -0.2) is 4.98 Å². The van der Waals surface area contributed by atoms with Gasteiger partial charge in [-0.05, 0) is 68.4 Å². The quantitative estimate of drug-likeness (QED) is 0.163. The third-order valence-corrected chi connectivity index (χ3v) is 8.68. The first kappa shape index (κ1) is 33.8. The van der Waals surface area contributed by atoms with E-state index < -0.39 is 0 Å². The number of hydrogen-bond donors (Lipinski definition) is 0. The van der Waals surface area contributed by atoms with Crippen LogP contribution in [0.25, 0.3) is 54.9 Å². The molecule has 0 saturated carbocycles. The van der Waals surface area contributed by atoms with Gasteiger partial charge in [0.15, 0.2) is 0 Å². The molecule has 4 aromatic carbocycles. The normalized spacial score (nSPS) is 11.7. The molecule has 3 heterocycles. The van der Waals surface area contributed by atoms with Gasteiger partial charge in [0.2, 0.25) is 0 Å². The fraction of sp³-hybridized carbons (Fsp3) is 0.186. The third kappa shape index (κ3) is 6.80. The molecule has 0 radical (unpaired) electrons. The molecule has 3 aromatic heterocycles. The summed E-state index contributed by atoms with van der Waals surface area (Å²) < 4.78 is 8.59. The zero-order valence-corrected chi connectivity index (χ0v) is 30.7. The van der Waals surface area contributed by atoms with Crippen molar-refractivity contribution in [2.75, 3.05) is 0 Å². The van der Waals surface area contributed by atoms with Gasteiger partial charge in [-0.3, -0.25) is 4.85 Å². The van der Waals surface area contributed by atoms with Gasteiger partial charge in [0, 0.05) is 29.4 Å². The number of aromatic nitrogens is 3. The Balaban J connectivity index is 0.00000417. The SMILES string of the molecule is [C-]#[N+]c1cc(Oc2[c-]c3c(cc2)c2cc(-c4ccccc4)ccc2n3-c2cc(C(C)(C)C)ccn2)[c-]c(-c2cc(C(C)(C)C)ccn2)c1.[Pt+2]. The summed E-state index contributed by atoms with van der Waals surface area (Å²) in [6, 6.07) is 39.7. The van der Waals surface area contributed by atoms with E-state index in [4.69, 9.17) is 16.3 Å². The van der Waals surface area contributed by atoms with E-state index in [0.717, 1.165) is 50.0 Å². The number of pyridine rings is 2. The first-order valence-electron chi connectivity index (χ1n) is 16.1. The minimum absolute atomic E-state index is 0. The molecule has 0 amide bonds. The van der Waals surface area contributed by atoms with Crippen LogP contribution in [0, 0.1) is 18.7 Å². The number of benzene rings is 4. The van der Waals surface area contributed by atoms with Crippen LogP contribution in [-0.2, 0) is 31.9 Å². The summed E-state index contributed by atoms with van der Waals surface area (Å²) in [5.41, 5.74) is 8.35. The molecule has 0 atom stereocenters. The second-order valence-corrected chi connectivity index (χ2v) is 14.2. The number of fused-ring (bicyclic) bond motifs is 3. The molecule has 7 rings (SSSR count). The monoisotopic (exact) mass is 819 g/mol. The molecular formula is C43H36N4OPt. The van der Waals surface area contributed by atoms with Gasteiger partial charge in [-0.15, -0.1) is 29.1 Å². The molecule has 6 heteroatoms. The van der Waals surface area contributed by atoms with Crippen molar-refractivity contribution in [1.29, 1.82) is 0 Å². The molecule has 0 aliphatic carbocycles. The molecule has 0 fully saturated rings. The summed E-state index contributed by atoms with van der Waals surface area (Å²) in [7, 11) is 0. The first-order chi connectivity index (χ1) is 23.0. The van der Waals surface area contributed by atoms with Crippen molar-refractivity contribution in [3.63, 3.8) is 0 Å². The van der Waals surface area contributed by atoms with E-state index in [1.165, 1.54) is 5.56 Å². The van der Waals surface area contributed by atoms with Gasteiger partial charge in [-0.2, -0.15) is 6.07 Å². The smallest absolute Gasteiger partial charge is 0.504 e. The summed E-state index contributed by atoms with van der Waals surface area (Å²) in [6.45, 7) is 20.9. The summed E-state index contributed by atoms with van der Waals surface area (Å²) in [5, 5.41) is 2.15. The zero-order valence-electron chi connectivity index (χ0n) is 28.4. The van der Waals surface area contributed by atoms with E-state index in [1.54, 1.807) is 18.3 Å². The van der Waals surface area contributed by atoms with E-state index in [1.807, 2.05) is 24.4 Å². The van der Waals surface area contributed by atoms with E-state index in [0.29, 0.717) is 22.7 Å². The van der Waals surface area contributed by atoms with Gasteiger partial charge >= 0.3 is 21.1 Å². The van der Waals surface area contributed by atoms with Gasteiger partial charge in [0.25, 0.3) is 0 Å². The fourth-order valence-electron chi connectivity index (χ4n) is 5.99. The Bertz CT molecular complexity index is 2360. The molecule has 49 heavy (non-hydrogen) atoms. The molecule has 0 spiro atoms. The number of rotatable bonds is 5. The van der Waals surface area contributed by atoms with E-state index in [9.17, 15) is 0 Å². The summed E-state index contributed by atoms with van der Waals surface area (Å²) in [6.07, 6.45) is 3.68. The van der Waals surface area contributed by atoms with Crippen LogP contribution in [-0.4, -0.2) is 14.5 Å². The van der Waals surface area contributed by atoms with Crippen LogP contribution < -0.4 is 4.74 Å². The average Bonchev–Trinajstić information content (AvgIpc) is 3.40. The molecule has 0 bridgehead atoms. The Morgan fingerprint density at radius 2 is 1.39 bits per heavy atom. The van der Waals surface area contributed by atoms with Crippen LogP contribution in [0.4, 0.5) is 5.69 Å². The first-order valence-corrected chi connectivity index (χ1v) is 16.1. The van der Waals surface area contributed by atoms with Crippen LogP contribution in [0.2, 0.25) is 0 Å². The van der Waals surface area contributed by atoms with Crippen molar-refractivity contribution in [3.05, 3.63) is 144 Å². The minimum Gasteiger partial charge on any atom is -0.504 e. The Hall–Kier alpha value is -5.04. The van der Waals surface area contributed by atoms with E-state index in [2.05, 4.69) is 135 Å². The molecule has 5 nitrogen and oxygen atoms in total. The predicted molar refractivity (Wildman–Crippen MR) is 195 cm³/mol. The molecule has 0 aliphatic rings. The van der Waals surface area contributed by atoms with Crippen molar-refractivity contribution in [2.45, 2.75) is 52.4 Å². The van der Waals surface area contributed by atoms with Crippen LogP contribution in [0.3, 0.4) is 0 Å². The topological polar surface area (TPSA) is 44.3 Å². The second kappa shape index (κ2) is 13.1. The second-order valence-electron chi connectivity index (χ2n) is 14.2. The Labute approximate surface area is 302 Å². The van der Waals surface area contributed by atoms with Crippen molar-refractivity contribution >= 4 is 27.5 Å². The zero-order chi connectivity index (χ0) is 33.6. The van der Waals surface area contributed by atoms with Crippen molar-refractivity contribution < 1.29 is 25.8 Å². The molecule has 7 aromatic rings. The Kier molecular flexibility index (Phi) is 9.05. The molecule has 0 aliphatic heterocycles. The van der Waals surface area contributed by atoms with Crippen molar-refractivity contribution in [1.82, 2.24) is 14.5 Å². The van der Waals surface area contributed by atoms with E-state index in [-0.39, 0.29) is 31.9 Å². The third-order valence-electron chi connectivity index (χ3n) is 8.68. The average molecular weight is 820 g/mol. The molecular weight excluding hydrogens is 784 g/mol. The van der Waals surface area contributed by atoms with Gasteiger partial charge < -0.3 is 14.3 Å². The molecule has 0 N–H and O–H groups in total. The predicted octanol–water partition coefficient (Wildman–Crippen LogP) is 11.4. The number of ether oxygens (including phenoxy) is 1. The maximum atomic E-state index is 7.77. The standard InChI is InChI=1S/C43H36N4O.Pt/c1-42(2,3)31-17-19-45-38(24-31)30-21-33(44-7)26-35(22-30)48-34-14-15-36-37-23-29(28-11-9-8-10-12-28)13-16-39(37)47(40(36)27-34)41-25-32(18-20-46-41)43(4,5)6;/h8-21,23-26H,1-6H3;/q-2;+2. The Morgan fingerprint density at radius 3 is 2.10 bits per heavy atom. The van der Waals surface area contributed by atoms with Gasteiger partial charge in [0.1, 0.15) is 11.5 Å². The maximum Gasteiger partial charge on any atom is 2.00 e. The molecule has 0 unspecified atom stereocenters. The van der Waals surface area contributed by atoms with Gasteiger partial charge in [0.05, 0.1) is 6.57 Å². The largest absolute Gasteiger partial charge is 2.00 e. The van der Waals surface area contributed by atoms with Crippen molar-refractivity contribution in [3.8, 4) is 39.7 Å². The fourth-order valence-corrected chi connectivity index (χ4v) is 5.99. The Morgan fingerprint density at radius 1 is 0.673 bits per heavy atom. The number of hydrogen-bond acceptors (Lipinski definition) is 3. The summed E-state index contributed by atoms with van der Waals surface area (Å²) in [5.74, 6) is 1.76. The number of nitrogens with zero attached hydrogens (tertiary/aromatic N) is 4. The van der Waals surface area contributed by atoms with Crippen LogP contribution in [0.5, 0.6) is 11.5 Å². The maximum absolute atomic E-state index is 7.77. The van der Waals surface area contributed by atoms with Crippen LogP contribution in [0.15, 0.2) is 109 Å². The van der Waals surface area contributed by atoms with Crippen LogP contribution >= 0.6 is 0 Å². The molecule has 244 valence electrons. The van der Waals surface area contributed by atoms with E-state index >= 15 is 0 Å². The minimum atomic E-state index is -0.0440. The van der Waals surface area contributed by atoms with Crippen molar-refractivity contribution in [2.24, 2.45) is 0 Å². The van der Waals surface area contributed by atoms with Gasteiger partial charge in [-0.1, -0.05) is 108 Å². The molecule has 0 saturated heterocycles. The summed E-state index contributed by atoms with van der Waals surface area (Å²) >= 11 is 0.